The third-order valence-corrected chi connectivity index (χ3v) is 3.56. The van der Waals surface area contributed by atoms with Gasteiger partial charge in [-0.2, -0.15) is 0 Å². The van der Waals surface area contributed by atoms with Gasteiger partial charge in [0, 0.05) is 43.3 Å². The Labute approximate surface area is 116 Å². The summed E-state index contributed by atoms with van der Waals surface area (Å²) in [6.07, 6.45) is -0.792. The lowest BCUT2D eigenvalue weighted by molar-refractivity contribution is 0.103. The number of hydrogen-bond acceptors (Lipinski definition) is 4. The van der Waals surface area contributed by atoms with E-state index in [2.05, 4.69) is 10.2 Å². The Hall–Kier alpha value is -0.520. The highest BCUT2D eigenvalue weighted by molar-refractivity contribution is 6.35. The van der Waals surface area contributed by atoms with Crippen molar-refractivity contribution in [3.05, 3.63) is 27.7 Å². The second kappa shape index (κ2) is 6.08. The van der Waals surface area contributed by atoms with E-state index < -0.39 is 6.10 Å². The number of aliphatic hydroxyl groups excluding tert-OH is 1. The third kappa shape index (κ3) is 3.28. The fourth-order valence-corrected chi connectivity index (χ4v) is 2.59. The molecule has 100 valence electrons. The summed E-state index contributed by atoms with van der Waals surface area (Å²) in [5, 5.41) is 23.8. The van der Waals surface area contributed by atoms with Gasteiger partial charge in [0.25, 0.3) is 0 Å². The number of nitrogens with one attached hydrogen (secondary N) is 1. The molecule has 0 aromatic heterocycles. The molecule has 6 heteroatoms. The van der Waals surface area contributed by atoms with Crippen molar-refractivity contribution in [3.63, 3.8) is 0 Å². The molecule has 0 bridgehead atoms. The van der Waals surface area contributed by atoms with Gasteiger partial charge in [0.05, 0.1) is 11.1 Å². The van der Waals surface area contributed by atoms with Gasteiger partial charge in [-0.1, -0.05) is 23.2 Å². The highest BCUT2D eigenvalue weighted by atomic mass is 35.5. The van der Waals surface area contributed by atoms with E-state index in [4.69, 9.17) is 23.2 Å². The monoisotopic (exact) mass is 290 g/mol. The van der Waals surface area contributed by atoms with E-state index in [-0.39, 0.29) is 10.8 Å². The summed E-state index contributed by atoms with van der Waals surface area (Å²) < 4.78 is 0. The van der Waals surface area contributed by atoms with Crippen LogP contribution in [-0.2, 0) is 0 Å². The highest BCUT2D eigenvalue weighted by Crippen LogP contribution is 2.35. The van der Waals surface area contributed by atoms with Gasteiger partial charge in [-0.05, 0) is 12.1 Å². The molecular weight excluding hydrogens is 275 g/mol. The number of β-amino-alcohol motifs (C(OH)–C–C–N with tert-alkyl or cyclic N) is 1. The second-order valence-corrected chi connectivity index (χ2v) is 5.24. The Bertz CT molecular complexity index is 423. The molecular formula is C12H16Cl2N2O2. The molecule has 1 aliphatic heterocycles. The zero-order valence-electron chi connectivity index (χ0n) is 9.87. The van der Waals surface area contributed by atoms with E-state index in [0.29, 0.717) is 17.1 Å². The van der Waals surface area contributed by atoms with Crippen LogP contribution in [-0.4, -0.2) is 47.8 Å². The lowest BCUT2D eigenvalue weighted by Crippen LogP contribution is -2.44. The van der Waals surface area contributed by atoms with Crippen molar-refractivity contribution in [2.24, 2.45) is 0 Å². The SMILES string of the molecule is Oc1c(Cl)cc(Cl)cc1C(O)CN1CCNCC1. The molecule has 0 aliphatic carbocycles. The lowest BCUT2D eigenvalue weighted by atomic mass is 10.1. The van der Waals surface area contributed by atoms with Crippen LogP contribution in [0.25, 0.3) is 0 Å². The molecule has 1 atom stereocenters. The lowest BCUT2D eigenvalue weighted by Gasteiger charge is -2.29. The fraction of sp³-hybridized carbons (Fsp3) is 0.500. The summed E-state index contributed by atoms with van der Waals surface area (Å²) in [5.74, 6) is -0.0938. The smallest absolute Gasteiger partial charge is 0.140 e. The van der Waals surface area contributed by atoms with Crippen molar-refractivity contribution in [1.82, 2.24) is 10.2 Å². The minimum atomic E-state index is -0.792. The first-order chi connectivity index (χ1) is 8.58. The van der Waals surface area contributed by atoms with Crippen LogP contribution in [0.1, 0.15) is 11.7 Å². The van der Waals surface area contributed by atoms with E-state index in [9.17, 15) is 10.2 Å². The van der Waals surface area contributed by atoms with E-state index in [0.717, 1.165) is 26.2 Å². The van der Waals surface area contributed by atoms with Gasteiger partial charge in [0.1, 0.15) is 5.75 Å². The zero-order valence-corrected chi connectivity index (χ0v) is 11.4. The summed E-state index contributed by atoms with van der Waals surface area (Å²) in [7, 11) is 0. The number of piperazine rings is 1. The molecule has 2 rings (SSSR count). The number of aromatic hydroxyl groups is 1. The molecule has 3 N–H and O–H groups in total. The second-order valence-electron chi connectivity index (χ2n) is 4.39. The number of rotatable bonds is 3. The van der Waals surface area contributed by atoms with Gasteiger partial charge in [-0.25, -0.2) is 0 Å². The summed E-state index contributed by atoms with van der Waals surface area (Å²) >= 11 is 11.7. The molecule has 1 heterocycles. The molecule has 4 nitrogen and oxygen atoms in total. The van der Waals surface area contributed by atoms with Gasteiger partial charge in [0.15, 0.2) is 0 Å². The van der Waals surface area contributed by atoms with Crippen LogP contribution < -0.4 is 5.32 Å². The van der Waals surface area contributed by atoms with E-state index in [1.165, 1.54) is 6.07 Å². The fourth-order valence-electron chi connectivity index (χ4n) is 2.08. The molecule has 0 radical (unpaired) electrons. The van der Waals surface area contributed by atoms with E-state index >= 15 is 0 Å². The first-order valence-electron chi connectivity index (χ1n) is 5.87. The maximum atomic E-state index is 10.2. The molecule has 1 saturated heterocycles. The van der Waals surface area contributed by atoms with E-state index in [1.807, 2.05) is 0 Å². The summed E-state index contributed by atoms with van der Waals surface area (Å²) in [6, 6.07) is 3.01. The Morgan fingerprint density at radius 1 is 1.28 bits per heavy atom. The Balaban J connectivity index is 2.10. The van der Waals surface area contributed by atoms with Crippen LogP contribution in [0.5, 0.6) is 5.75 Å². The molecule has 18 heavy (non-hydrogen) atoms. The van der Waals surface area contributed by atoms with Crippen molar-refractivity contribution in [3.8, 4) is 5.75 Å². The number of phenols is 1. The van der Waals surface area contributed by atoms with Crippen LogP contribution >= 0.6 is 23.2 Å². The Kier molecular flexibility index (Phi) is 4.70. The maximum absolute atomic E-state index is 10.2. The molecule has 1 aromatic rings. The average Bonchev–Trinajstić information content (AvgIpc) is 2.35. The van der Waals surface area contributed by atoms with Crippen molar-refractivity contribution in [2.45, 2.75) is 6.10 Å². The van der Waals surface area contributed by atoms with Gasteiger partial charge in [-0.15, -0.1) is 0 Å². The standard InChI is InChI=1S/C12H16Cl2N2O2/c13-8-5-9(12(18)10(14)6-8)11(17)7-16-3-1-15-2-4-16/h5-6,11,15,17-18H,1-4,7H2. The van der Waals surface area contributed by atoms with Gasteiger partial charge < -0.3 is 15.5 Å². The van der Waals surface area contributed by atoms with Crippen LogP contribution in [0.4, 0.5) is 0 Å². The number of nitrogens with zero attached hydrogens (tertiary/aromatic N) is 1. The quantitative estimate of drug-likeness (QED) is 0.792. The minimum Gasteiger partial charge on any atom is -0.506 e. The normalized spacial score (nSPS) is 18.8. The summed E-state index contributed by atoms with van der Waals surface area (Å²) in [4.78, 5) is 2.13. The largest absolute Gasteiger partial charge is 0.506 e. The van der Waals surface area contributed by atoms with Crippen LogP contribution in [0.2, 0.25) is 10.0 Å². The van der Waals surface area contributed by atoms with Crippen LogP contribution in [0, 0.1) is 0 Å². The predicted molar refractivity (Wildman–Crippen MR) is 72.4 cm³/mol. The van der Waals surface area contributed by atoms with Gasteiger partial charge in [0.2, 0.25) is 0 Å². The van der Waals surface area contributed by atoms with Gasteiger partial charge in [-0.3, -0.25) is 4.90 Å². The molecule has 0 spiro atoms. The average molecular weight is 291 g/mol. The maximum Gasteiger partial charge on any atom is 0.140 e. The third-order valence-electron chi connectivity index (χ3n) is 3.06. The van der Waals surface area contributed by atoms with E-state index in [1.54, 1.807) is 6.07 Å². The van der Waals surface area contributed by atoms with Crippen molar-refractivity contribution < 1.29 is 10.2 Å². The first-order valence-corrected chi connectivity index (χ1v) is 6.62. The van der Waals surface area contributed by atoms with Crippen molar-refractivity contribution >= 4 is 23.2 Å². The topological polar surface area (TPSA) is 55.7 Å². The predicted octanol–water partition coefficient (Wildman–Crippen LogP) is 1.64. The highest BCUT2D eigenvalue weighted by Gasteiger charge is 2.20. The molecule has 1 unspecified atom stereocenters. The summed E-state index contributed by atoms with van der Waals surface area (Å²) in [5.41, 5.74) is 0.381. The first kappa shape index (κ1) is 13.9. The molecule has 1 aromatic carbocycles. The number of aliphatic hydroxyl groups is 1. The Morgan fingerprint density at radius 2 is 1.94 bits per heavy atom. The number of phenolic OH excluding ortho intramolecular Hbond substituents is 1. The molecule has 0 saturated carbocycles. The van der Waals surface area contributed by atoms with Crippen molar-refractivity contribution in [1.29, 1.82) is 0 Å². The number of halogens is 2. The van der Waals surface area contributed by atoms with Crippen LogP contribution in [0.15, 0.2) is 12.1 Å². The number of benzene rings is 1. The van der Waals surface area contributed by atoms with Crippen molar-refractivity contribution in [2.75, 3.05) is 32.7 Å². The number of hydrogen-bond donors (Lipinski definition) is 3. The molecule has 1 fully saturated rings. The minimum absolute atomic E-state index is 0.0938. The van der Waals surface area contributed by atoms with Gasteiger partial charge >= 0.3 is 0 Å². The molecule has 1 aliphatic rings. The molecule has 0 amide bonds. The summed E-state index contributed by atoms with van der Waals surface area (Å²) in [6.45, 7) is 4.05. The Morgan fingerprint density at radius 3 is 2.61 bits per heavy atom. The zero-order chi connectivity index (χ0) is 13.1. The van der Waals surface area contributed by atoms with Crippen LogP contribution in [0.3, 0.4) is 0 Å².